The lowest BCUT2D eigenvalue weighted by Gasteiger charge is -2.15. The minimum atomic E-state index is -0.771. The minimum absolute atomic E-state index is 0.0614. The van der Waals surface area contributed by atoms with Crippen LogP contribution in [0, 0.1) is 0 Å². The Kier molecular flexibility index (Phi) is 61.3. The Hall–Kier alpha value is -2.66. The van der Waals surface area contributed by atoms with Gasteiger partial charge in [0, 0.05) is 12.8 Å². The molecule has 424 valence electrons. The second kappa shape index (κ2) is 63.6. The summed E-state index contributed by atoms with van der Waals surface area (Å²) in [4.78, 5) is 24.6. The van der Waals surface area contributed by atoms with Gasteiger partial charge in [-0.15, -0.1) is 0 Å². The molecule has 5 heteroatoms. The molecule has 0 saturated heterocycles. The van der Waals surface area contributed by atoms with Crippen LogP contribution in [-0.2, 0) is 19.1 Å². The fraction of sp³-hybridized carbons (Fsp3) is 0.794. The Labute approximate surface area is 454 Å². The molecule has 0 aliphatic carbocycles. The van der Waals surface area contributed by atoms with E-state index in [4.69, 9.17) is 9.47 Å². The van der Waals surface area contributed by atoms with Gasteiger partial charge in [-0.2, -0.15) is 0 Å². The lowest BCUT2D eigenvalue weighted by Crippen LogP contribution is -2.28. The van der Waals surface area contributed by atoms with Gasteiger partial charge in [-0.05, 0) is 64.2 Å². The molecule has 0 rings (SSSR count). The highest BCUT2D eigenvalue weighted by molar-refractivity contribution is 5.70. The third-order valence-corrected chi connectivity index (χ3v) is 14.3. The SMILES string of the molecule is CC/C=C\C/C=C\C/C=C\C/C=C\C/C=C\C/C=C\CCCCCCCCCCCCCCCCCCCCC(=O)OC(CO)COC(=O)CCCCCCCCCCCCCCCCCCCCCCCC. The number of hydrogen-bond donors (Lipinski definition) is 1. The van der Waals surface area contributed by atoms with Crippen LogP contribution in [0.2, 0.25) is 0 Å². The maximum Gasteiger partial charge on any atom is 0.306 e. The number of carbonyl (C=O) groups is 2. The number of allylic oxidation sites excluding steroid dienone is 12. The molecule has 0 amide bonds. The smallest absolute Gasteiger partial charge is 0.306 e. The van der Waals surface area contributed by atoms with Crippen molar-refractivity contribution >= 4 is 11.9 Å². The van der Waals surface area contributed by atoms with Gasteiger partial charge in [-0.3, -0.25) is 9.59 Å². The molecule has 0 spiro atoms. The molecule has 0 saturated carbocycles. The molecule has 0 radical (unpaired) electrons. The second-order valence-electron chi connectivity index (χ2n) is 21.5. The molecule has 5 nitrogen and oxygen atoms in total. The van der Waals surface area contributed by atoms with Gasteiger partial charge in [0.15, 0.2) is 6.10 Å². The summed E-state index contributed by atoms with van der Waals surface area (Å²) in [5.41, 5.74) is 0. The number of rotatable bonds is 59. The lowest BCUT2D eigenvalue weighted by molar-refractivity contribution is -0.161. The standard InChI is InChI=1S/C68H122O5/c1-3-5-7-9-11-13-15-17-19-21-23-25-27-28-29-30-31-32-33-34-35-36-37-38-39-40-41-43-45-47-49-51-53-55-57-59-61-63-68(71)73-66(64-69)65-72-67(70)62-60-58-56-54-52-50-48-46-44-42-26-24-22-20-18-16-14-12-10-8-6-4-2/h5,7,11,13,17,19,23,25,28-29,31-32,66,69H,3-4,6,8-10,12,14-16,18,20-22,24,26-27,30,33-65H2,1-2H3/b7-5-,13-11-,19-17-,25-23-,29-28-,32-31-. The predicted molar refractivity (Wildman–Crippen MR) is 320 cm³/mol. The molecule has 1 unspecified atom stereocenters. The highest BCUT2D eigenvalue weighted by atomic mass is 16.6. The summed E-state index contributed by atoms with van der Waals surface area (Å²) in [5.74, 6) is -0.572. The van der Waals surface area contributed by atoms with Crippen LogP contribution >= 0.6 is 0 Å². The number of hydrogen-bond acceptors (Lipinski definition) is 5. The van der Waals surface area contributed by atoms with Crippen molar-refractivity contribution in [1.29, 1.82) is 0 Å². The van der Waals surface area contributed by atoms with Crippen LogP contribution in [0.5, 0.6) is 0 Å². The highest BCUT2D eigenvalue weighted by Crippen LogP contribution is 2.18. The van der Waals surface area contributed by atoms with Gasteiger partial charge in [0.2, 0.25) is 0 Å². The van der Waals surface area contributed by atoms with E-state index in [0.717, 1.165) is 70.6 Å². The van der Waals surface area contributed by atoms with Crippen molar-refractivity contribution in [3.05, 3.63) is 72.9 Å². The van der Waals surface area contributed by atoms with Crippen LogP contribution in [0.1, 0.15) is 328 Å². The molecule has 0 bridgehead atoms. The van der Waals surface area contributed by atoms with E-state index in [1.807, 2.05) is 0 Å². The minimum Gasteiger partial charge on any atom is -0.462 e. The number of esters is 2. The van der Waals surface area contributed by atoms with E-state index in [0.29, 0.717) is 12.8 Å². The van der Waals surface area contributed by atoms with Gasteiger partial charge in [0.25, 0.3) is 0 Å². The third kappa shape index (κ3) is 61.8. The number of aliphatic hydroxyl groups is 1. The van der Waals surface area contributed by atoms with Crippen LogP contribution in [0.3, 0.4) is 0 Å². The van der Waals surface area contributed by atoms with E-state index in [-0.39, 0.29) is 25.2 Å². The van der Waals surface area contributed by atoms with Crippen LogP contribution in [0.25, 0.3) is 0 Å². The largest absolute Gasteiger partial charge is 0.462 e. The number of unbranched alkanes of at least 4 members (excludes halogenated alkanes) is 39. The first kappa shape index (κ1) is 70.3. The lowest BCUT2D eigenvalue weighted by atomic mass is 10.0. The number of ether oxygens (including phenoxy) is 2. The van der Waals surface area contributed by atoms with Gasteiger partial charge >= 0.3 is 11.9 Å². The van der Waals surface area contributed by atoms with E-state index >= 15 is 0 Å². The van der Waals surface area contributed by atoms with Crippen molar-refractivity contribution in [2.45, 2.75) is 335 Å². The first-order chi connectivity index (χ1) is 36.1. The van der Waals surface area contributed by atoms with E-state index in [2.05, 4.69) is 86.8 Å². The maximum atomic E-state index is 12.3. The number of carbonyl (C=O) groups excluding carboxylic acids is 2. The van der Waals surface area contributed by atoms with Crippen molar-refractivity contribution < 1.29 is 24.2 Å². The van der Waals surface area contributed by atoms with E-state index < -0.39 is 6.10 Å². The Morgan fingerprint density at radius 3 is 0.890 bits per heavy atom. The van der Waals surface area contributed by atoms with Gasteiger partial charge < -0.3 is 14.6 Å². The summed E-state index contributed by atoms with van der Waals surface area (Å²) >= 11 is 0. The van der Waals surface area contributed by atoms with Gasteiger partial charge in [0.1, 0.15) is 6.61 Å². The first-order valence-corrected chi connectivity index (χ1v) is 32.0. The summed E-state index contributed by atoms with van der Waals surface area (Å²) in [6.07, 6.45) is 87.7. The summed E-state index contributed by atoms with van der Waals surface area (Å²) in [6.45, 7) is 4.07. The van der Waals surface area contributed by atoms with Crippen LogP contribution in [0.4, 0.5) is 0 Å². The Bertz CT molecular complexity index is 1290. The Morgan fingerprint density at radius 1 is 0.329 bits per heavy atom. The highest BCUT2D eigenvalue weighted by Gasteiger charge is 2.16. The van der Waals surface area contributed by atoms with Gasteiger partial charge in [-0.25, -0.2) is 0 Å². The zero-order valence-electron chi connectivity index (χ0n) is 48.6. The molecule has 0 aromatic carbocycles. The molecule has 0 fully saturated rings. The maximum absolute atomic E-state index is 12.3. The molecule has 0 aromatic heterocycles. The van der Waals surface area contributed by atoms with Gasteiger partial charge in [0.05, 0.1) is 6.61 Å². The fourth-order valence-electron chi connectivity index (χ4n) is 9.50. The zero-order chi connectivity index (χ0) is 52.7. The van der Waals surface area contributed by atoms with E-state index in [1.54, 1.807) is 0 Å². The Balaban J connectivity index is 3.43. The van der Waals surface area contributed by atoms with E-state index in [9.17, 15) is 14.7 Å². The number of aliphatic hydroxyl groups excluding tert-OH is 1. The predicted octanol–water partition coefficient (Wildman–Crippen LogP) is 21.9. The average molecular weight is 1020 g/mol. The van der Waals surface area contributed by atoms with Crippen molar-refractivity contribution in [2.24, 2.45) is 0 Å². The molecule has 73 heavy (non-hydrogen) atoms. The average Bonchev–Trinajstić information content (AvgIpc) is 3.39. The van der Waals surface area contributed by atoms with Crippen molar-refractivity contribution in [3.63, 3.8) is 0 Å². The summed E-state index contributed by atoms with van der Waals surface area (Å²) in [7, 11) is 0. The van der Waals surface area contributed by atoms with E-state index in [1.165, 1.54) is 231 Å². The van der Waals surface area contributed by atoms with Crippen LogP contribution < -0.4 is 0 Å². The fourth-order valence-corrected chi connectivity index (χ4v) is 9.50. The monoisotopic (exact) mass is 1020 g/mol. The molecule has 1 atom stereocenters. The topological polar surface area (TPSA) is 72.8 Å². The molecule has 0 aliphatic rings. The zero-order valence-corrected chi connectivity index (χ0v) is 48.6. The molecule has 0 aromatic rings. The first-order valence-electron chi connectivity index (χ1n) is 32.0. The summed E-state index contributed by atoms with van der Waals surface area (Å²) < 4.78 is 10.7. The van der Waals surface area contributed by atoms with Crippen molar-refractivity contribution in [3.8, 4) is 0 Å². The molecule has 0 aliphatic heterocycles. The quantitative estimate of drug-likeness (QED) is 0.0373. The normalized spacial score (nSPS) is 12.6. The van der Waals surface area contributed by atoms with Crippen molar-refractivity contribution in [2.75, 3.05) is 13.2 Å². The molecule has 1 N–H and O–H groups in total. The molecular formula is C68H122O5. The second-order valence-corrected chi connectivity index (χ2v) is 21.5. The molecule has 0 heterocycles. The van der Waals surface area contributed by atoms with Crippen LogP contribution in [-0.4, -0.2) is 36.4 Å². The molecular weight excluding hydrogens is 897 g/mol. The van der Waals surface area contributed by atoms with Crippen molar-refractivity contribution in [1.82, 2.24) is 0 Å². The van der Waals surface area contributed by atoms with Crippen LogP contribution in [0.15, 0.2) is 72.9 Å². The van der Waals surface area contributed by atoms with Gasteiger partial charge in [-0.1, -0.05) is 324 Å². The third-order valence-electron chi connectivity index (χ3n) is 14.3. The summed E-state index contributed by atoms with van der Waals surface area (Å²) in [6, 6.07) is 0. The summed E-state index contributed by atoms with van der Waals surface area (Å²) in [5, 5.41) is 9.68. The Morgan fingerprint density at radius 2 is 0.589 bits per heavy atom.